The molecule has 3 N–H and O–H groups in total. The van der Waals surface area contributed by atoms with E-state index in [1.165, 1.54) is 0 Å². The van der Waals surface area contributed by atoms with E-state index in [0.717, 1.165) is 24.9 Å². The highest BCUT2D eigenvalue weighted by atomic mass is 16.2. The highest BCUT2D eigenvalue weighted by Gasteiger charge is 2.16. The Morgan fingerprint density at radius 1 is 1.33 bits per heavy atom. The molecule has 0 atom stereocenters. The van der Waals surface area contributed by atoms with Crippen molar-refractivity contribution in [2.75, 3.05) is 13.2 Å². The second-order valence-corrected chi connectivity index (χ2v) is 6.12. The highest BCUT2D eigenvalue weighted by molar-refractivity contribution is 5.77. The third-order valence-electron chi connectivity index (χ3n) is 3.57. The summed E-state index contributed by atoms with van der Waals surface area (Å²) in [6, 6.07) is 7.33. The van der Waals surface area contributed by atoms with Gasteiger partial charge < -0.3 is 15.4 Å². The van der Waals surface area contributed by atoms with Crippen molar-refractivity contribution in [1.29, 1.82) is 0 Å². The van der Waals surface area contributed by atoms with Gasteiger partial charge in [0.05, 0.1) is 17.4 Å². The van der Waals surface area contributed by atoms with Crippen molar-refractivity contribution < 1.29 is 5.11 Å². The van der Waals surface area contributed by atoms with Crippen LogP contribution in [-0.2, 0) is 6.54 Å². The molecule has 2 aromatic rings. The number of nitrogens with zero attached hydrogens (tertiary/aromatic N) is 1. The fourth-order valence-corrected chi connectivity index (χ4v) is 2.38. The lowest BCUT2D eigenvalue weighted by atomic mass is 9.88. The standard InChI is InChI=1S/C16H23N3O2/c1-16(2,8-5-9-20)11-17-10-14-18-13-7-4-3-6-12(13)15(21)19-14/h3-4,6-7,17,20H,5,8-11H2,1-2H3,(H,18,19,21). The monoisotopic (exact) mass is 289 g/mol. The second-order valence-electron chi connectivity index (χ2n) is 6.12. The lowest BCUT2D eigenvalue weighted by Gasteiger charge is -2.24. The number of nitrogens with one attached hydrogen (secondary N) is 2. The van der Waals surface area contributed by atoms with E-state index in [9.17, 15) is 4.79 Å². The molecule has 0 aliphatic heterocycles. The number of aliphatic hydroxyl groups excluding tert-OH is 1. The summed E-state index contributed by atoms with van der Waals surface area (Å²) >= 11 is 0. The van der Waals surface area contributed by atoms with E-state index in [1.54, 1.807) is 6.07 Å². The Labute approximate surface area is 124 Å². The highest BCUT2D eigenvalue weighted by Crippen LogP contribution is 2.20. The van der Waals surface area contributed by atoms with Crippen LogP contribution in [0.1, 0.15) is 32.5 Å². The average molecular weight is 289 g/mol. The molecule has 0 saturated heterocycles. The van der Waals surface area contributed by atoms with Gasteiger partial charge in [0, 0.05) is 13.2 Å². The predicted octanol–water partition coefficient (Wildman–Crippen LogP) is 1.81. The average Bonchev–Trinajstić information content (AvgIpc) is 2.45. The van der Waals surface area contributed by atoms with E-state index < -0.39 is 0 Å². The number of aromatic amines is 1. The molecule has 0 amide bonds. The van der Waals surface area contributed by atoms with Gasteiger partial charge in [-0.25, -0.2) is 4.98 Å². The Bertz CT molecular complexity index is 649. The molecule has 0 aliphatic rings. The smallest absolute Gasteiger partial charge is 0.258 e. The van der Waals surface area contributed by atoms with Crippen LogP contribution >= 0.6 is 0 Å². The molecule has 0 bridgehead atoms. The number of para-hydroxylation sites is 1. The van der Waals surface area contributed by atoms with Crippen LogP contribution < -0.4 is 10.9 Å². The molecule has 2 rings (SSSR count). The molecule has 21 heavy (non-hydrogen) atoms. The molecule has 0 radical (unpaired) electrons. The SMILES string of the molecule is CC(C)(CCCO)CNCc1nc2ccccc2c(=O)[nH]1. The van der Waals surface area contributed by atoms with Gasteiger partial charge in [-0.3, -0.25) is 4.79 Å². The topological polar surface area (TPSA) is 78.0 Å². The minimum atomic E-state index is -0.100. The normalized spacial score (nSPS) is 12.0. The van der Waals surface area contributed by atoms with Crippen molar-refractivity contribution in [2.24, 2.45) is 5.41 Å². The Morgan fingerprint density at radius 3 is 2.86 bits per heavy atom. The molecule has 0 fully saturated rings. The van der Waals surface area contributed by atoms with Crippen LogP contribution in [0.25, 0.3) is 10.9 Å². The fraction of sp³-hybridized carbons (Fsp3) is 0.500. The molecule has 0 unspecified atom stereocenters. The summed E-state index contributed by atoms with van der Waals surface area (Å²) in [5.74, 6) is 0.650. The van der Waals surface area contributed by atoms with Gasteiger partial charge in [0.1, 0.15) is 5.82 Å². The fourth-order valence-electron chi connectivity index (χ4n) is 2.38. The minimum absolute atomic E-state index is 0.100. The molecule has 0 aliphatic carbocycles. The zero-order valence-corrected chi connectivity index (χ0v) is 12.6. The van der Waals surface area contributed by atoms with Crippen LogP contribution in [0.3, 0.4) is 0 Å². The number of aliphatic hydroxyl groups is 1. The maximum atomic E-state index is 11.9. The van der Waals surface area contributed by atoms with E-state index in [2.05, 4.69) is 29.1 Å². The first kappa shape index (κ1) is 15.7. The van der Waals surface area contributed by atoms with Gasteiger partial charge in [-0.2, -0.15) is 0 Å². The van der Waals surface area contributed by atoms with E-state index in [1.807, 2.05) is 18.2 Å². The molecule has 5 heteroatoms. The summed E-state index contributed by atoms with van der Waals surface area (Å²) < 4.78 is 0. The quantitative estimate of drug-likeness (QED) is 0.726. The van der Waals surface area contributed by atoms with Crippen LogP contribution in [0.2, 0.25) is 0 Å². The molecule has 1 heterocycles. The predicted molar refractivity (Wildman–Crippen MR) is 84.2 cm³/mol. The maximum Gasteiger partial charge on any atom is 0.258 e. The first-order valence-electron chi connectivity index (χ1n) is 7.31. The zero-order chi connectivity index (χ0) is 15.3. The van der Waals surface area contributed by atoms with Crippen molar-refractivity contribution in [3.8, 4) is 0 Å². The number of rotatable bonds is 7. The third-order valence-corrected chi connectivity index (χ3v) is 3.57. The summed E-state index contributed by atoms with van der Waals surface area (Å²) in [6.07, 6.45) is 1.76. The van der Waals surface area contributed by atoms with Gasteiger partial charge in [-0.1, -0.05) is 26.0 Å². The molecular weight excluding hydrogens is 266 g/mol. The molecule has 1 aromatic carbocycles. The number of benzene rings is 1. The van der Waals surface area contributed by atoms with Gasteiger partial charge in [0.2, 0.25) is 0 Å². The van der Waals surface area contributed by atoms with E-state index in [-0.39, 0.29) is 17.6 Å². The molecular formula is C16H23N3O2. The van der Waals surface area contributed by atoms with Gasteiger partial charge in [-0.05, 0) is 30.4 Å². The Kier molecular flexibility index (Phi) is 5.09. The van der Waals surface area contributed by atoms with Crippen molar-refractivity contribution in [2.45, 2.75) is 33.2 Å². The molecule has 0 spiro atoms. The number of fused-ring (bicyclic) bond motifs is 1. The zero-order valence-electron chi connectivity index (χ0n) is 12.6. The lowest BCUT2D eigenvalue weighted by Crippen LogP contribution is -2.30. The van der Waals surface area contributed by atoms with E-state index in [0.29, 0.717) is 17.8 Å². The van der Waals surface area contributed by atoms with Gasteiger partial charge in [0.25, 0.3) is 5.56 Å². The Hall–Kier alpha value is -1.72. The van der Waals surface area contributed by atoms with Crippen LogP contribution in [0.5, 0.6) is 0 Å². The molecule has 114 valence electrons. The minimum Gasteiger partial charge on any atom is -0.396 e. The van der Waals surface area contributed by atoms with Crippen LogP contribution in [-0.4, -0.2) is 28.2 Å². The van der Waals surface area contributed by atoms with Crippen LogP contribution in [0, 0.1) is 5.41 Å². The lowest BCUT2D eigenvalue weighted by molar-refractivity contribution is 0.236. The van der Waals surface area contributed by atoms with Crippen molar-refractivity contribution in [1.82, 2.24) is 15.3 Å². The van der Waals surface area contributed by atoms with E-state index >= 15 is 0 Å². The number of H-pyrrole nitrogens is 1. The van der Waals surface area contributed by atoms with Gasteiger partial charge in [0.15, 0.2) is 0 Å². The number of hydrogen-bond donors (Lipinski definition) is 3. The first-order chi connectivity index (χ1) is 10.0. The molecule has 1 aromatic heterocycles. The maximum absolute atomic E-state index is 11.9. The van der Waals surface area contributed by atoms with Crippen LogP contribution in [0.15, 0.2) is 29.1 Å². The Morgan fingerprint density at radius 2 is 2.10 bits per heavy atom. The summed E-state index contributed by atoms with van der Waals surface area (Å²) in [7, 11) is 0. The molecule has 0 saturated carbocycles. The second kappa shape index (κ2) is 6.83. The Balaban J connectivity index is 1.99. The van der Waals surface area contributed by atoms with Crippen molar-refractivity contribution >= 4 is 10.9 Å². The molecule has 5 nitrogen and oxygen atoms in total. The largest absolute Gasteiger partial charge is 0.396 e. The van der Waals surface area contributed by atoms with E-state index in [4.69, 9.17) is 5.11 Å². The summed E-state index contributed by atoms with van der Waals surface area (Å²) in [5, 5.41) is 12.8. The van der Waals surface area contributed by atoms with Crippen molar-refractivity contribution in [3.05, 3.63) is 40.4 Å². The van der Waals surface area contributed by atoms with Gasteiger partial charge in [-0.15, -0.1) is 0 Å². The first-order valence-corrected chi connectivity index (χ1v) is 7.31. The van der Waals surface area contributed by atoms with Gasteiger partial charge >= 0.3 is 0 Å². The number of aromatic nitrogens is 2. The number of hydrogen-bond acceptors (Lipinski definition) is 4. The van der Waals surface area contributed by atoms with Crippen molar-refractivity contribution in [3.63, 3.8) is 0 Å². The third kappa shape index (κ3) is 4.37. The summed E-state index contributed by atoms with van der Waals surface area (Å²) in [4.78, 5) is 19.2. The summed E-state index contributed by atoms with van der Waals surface area (Å²) in [6.45, 7) is 5.88. The van der Waals surface area contributed by atoms with Crippen LogP contribution in [0.4, 0.5) is 0 Å². The summed E-state index contributed by atoms with van der Waals surface area (Å²) in [5.41, 5.74) is 0.731.